The van der Waals surface area contributed by atoms with Crippen molar-refractivity contribution in [3.63, 3.8) is 0 Å². The van der Waals surface area contributed by atoms with Gasteiger partial charge in [-0.05, 0) is 110 Å². The SMILES string of the molecule is Cc1cccc(NC(=O)Nc2ccc(C(=O)c3ccc(NC(=O)Nc4cccc(NC(=O)NCCCOC(=O)Nc5cccc(OC#N)c5)c4)cc3)cc2)c1. The number of anilines is 6. The van der Waals surface area contributed by atoms with Crippen LogP contribution in [-0.4, -0.2) is 43.1 Å². The van der Waals surface area contributed by atoms with Crippen molar-refractivity contribution in [3.8, 4) is 12.0 Å². The second-order valence-corrected chi connectivity index (χ2v) is 11.8. The molecular weight excluding hydrogens is 704 g/mol. The molecule has 0 heterocycles. The van der Waals surface area contributed by atoms with E-state index in [0.717, 1.165) is 5.56 Å². The molecule has 0 aliphatic carbocycles. The van der Waals surface area contributed by atoms with E-state index >= 15 is 0 Å². The number of hydrogen-bond donors (Lipinski definition) is 7. The zero-order valence-corrected chi connectivity index (χ0v) is 29.5. The summed E-state index contributed by atoms with van der Waals surface area (Å²) >= 11 is 0. The van der Waals surface area contributed by atoms with Crippen LogP contribution < -0.4 is 42.0 Å². The number of carbonyl (C=O) groups excluding carboxylic acids is 5. The van der Waals surface area contributed by atoms with Crippen molar-refractivity contribution in [1.82, 2.24) is 5.32 Å². The predicted molar refractivity (Wildman–Crippen MR) is 209 cm³/mol. The number of hydrogen-bond acceptors (Lipinski definition) is 8. The first kappa shape index (κ1) is 38.4. The van der Waals surface area contributed by atoms with Crippen LogP contribution in [0.25, 0.3) is 0 Å². The molecule has 0 bridgehead atoms. The Morgan fingerprint density at radius 3 is 1.62 bits per heavy atom. The third kappa shape index (κ3) is 12.4. The first-order chi connectivity index (χ1) is 26.6. The Hall–Kier alpha value is -7.86. The van der Waals surface area contributed by atoms with E-state index in [9.17, 15) is 24.0 Å². The lowest BCUT2D eigenvalue weighted by Crippen LogP contribution is -2.30. The highest BCUT2D eigenvalue weighted by molar-refractivity contribution is 6.10. The molecule has 0 fully saturated rings. The summed E-state index contributed by atoms with van der Waals surface area (Å²) < 4.78 is 9.82. The number of amides is 7. The van der Waals surface area contributed by atoms with Crippen LogP contribution in [0.4, 0.5) is 53.3 Å². The van der Waals surface area contributed by atoms with Gasteiger partial charge < -0.3 is 41.4 Å². The van der Waals surface area contributed by atoms with E-state index in [1.165, 1.54) is 6.07 Å². The van der Waals surface area contributed by atoms with Crippen molar-refractivity contribution in [1.29, 1.82) is 5.26 Å². The molecule has 0 aliphatic heterocycles. The maximum atomic E-state index is 13.1. The van der Waals surface area contributed by atoms with Crippen molar-refractivity contribution in [3.05, 3.63) is 138 Å². The van der Waals surface area contributed by atoms with Crippen LogP contribution in [0.3, 0.4) is 0 Å². The molecule has 0 saturated carbocycles. The van der Waals surface area contributed by atoms with Gasteiger partial charge in [-0.2, -0.15) is 0 Å². The van der Waals surface area contributed by atoms with E-state index in [1.54, 1.807) is 103 Å². The molecule has 55 heavy (non-hydrogen) atoms. The zero-order chi connectivity index (χ0) is 39.0. The number of nitriles is 1. The summed E-state index contributed by atoms with van der Waals surface area (Å²) in [5.41, 5.74) is 4.71. The summed E-state index contributed by atoms with van der Waals surface area (Å²) in [6, 6.07) is 31.7. The van der Waals surface area contributed by atoms with Crippen LogP contribution in [0.1, 0.15) is 27.9 Å². The number of nitrogens with one attached hydrogen (secondary N) is 7. The monoisotopic (exact) mass is 740 g/mol. The summed E-state index contributed by atoms with van der Waals surface area (Å²) in [5, 5.41) is 27.4. The van der Waals surface area contributed by atoms with E-state index in [-0.39, 0.29) is 24.7 Å². The van der Waals surface area contributed by atoms with E-state index in [2.05, 4.69) is 37.2 Å². The Balaban J connectivity index is 1.01. The molecule has 15 nitrogen and oxygen atoms in total. The normalized spacial score (nSPS) is 10.1. The fraction of sp³-hybridized carbons (Fsp3) is 0.100. The Morgan fingerprint density at radius 2 is 1.05 bits per heavy atom. The van der Waals surface area contributed by atoms with Gasteiger partial charge >= 0.3 is 24.2 Å². The maximum Gasteiger partial charge on any atom is 0.411 e. The number of ether oxygens (including phenoxy) is 2. The van der Waals surface area contributed by atoms with Gasteiger partial charge in [0.25, 0.3) is 6.26 Å². The fourth-order valence-corrected chi connectivity index (χ4v) is 5.02. The lowest BCUT2D eigenvalue weighted by atomic mass is 10.0. The minimum Gasteiger partial charge on any atom is -0.449 e. The molecule has 0 aliphatic rings. The Labute approximate surface area is 316 Å². The van der Waals surface area contributed by atoms with Crippen LogP contribution in [-0.2, 0) is 4.74 Å². The van der Waals surface area contributed by atoms with Crippen molar-refractivity contribution >= 4 is 64.1 Å². The van der Waals surface area contributed by atoms with Crippen LogP contribution >= 0.6 is 0 Å². The number of carbonyl (C=O) groups is 5. The van der Waals surface area contributed by atoms with Crippen LogP contribution in [0.15, 0.2) is 121 Å². The summed E-state index contributed by atoms with van der Waals surface area (Å²) in [6.45, 7) is 2.19. The summed E-state index contributed by atoms with van der Waals surface area (Å²) in [4.78, 5) is 62.5. The highest BCUT2D eigenvalue weighted by atomic mass is 16.5. The van der Waals surface area contributed by atoms with Gasteiger partial charge in [0.15, 0.2) is 5.78 Å². The highest BCUT2D eigenvalue weighted by Crippen LogP contribution is 2.20. The molecule has 278 valence electrons. The van der Waals surface area contributed by atoms with Crippen LogP contribution in [0.5, 0.6) is 5.75 Å². The van der Waals surface area contributed by atoms with E-state index < -0.39 is 24.2 Å². The molecule has 15 heteroatoms. The van der Waals surface area contributed by atoms with Crippen molar-refractivity contribution in [2.24, 2.45) is 0 Å². The standard InChI is InChI=1S/C40H36N8O7/c1-26-6-2-7-31(22-26)46-38(51)43-29-16-12-27(13-17-29)36(49)28-14-18-30(19-15-28)44-39(52)47-33-9-3-8-32(23-33)45-37(50)42-20-5-21-54-40(53)48-34-10-4-11-35(24-34)55-25-41/h2-4,6-19,22-24H,5,20-21H2,1H3,(H,48,53)(H2,42,45,50)(H2,43,46,51)(H2,44,47,52). The molecule has 7 amide bonds. The summed E-state index contributed by atoms with van der Waals surface area (Å²) in [6.07, 6.45) is 1.20. The van der Waals surface area contributed by atoms with Crippen LogP contribution in [0, 0.1) is 18.4 Å². The molecule has 0 atom stereocenters. The second kappa shape index (κ2) is 19.1. The second-order valence-electron chi connectivity index (χ2n) is 11.8. The van der Waals surface area contributed by atoms with Gasteiger partial charge in [0.05, 0.1) is 6.61 Å². The highest BCUT2D eigenvalue weighted by Gasteiger charge is 2.12. The number of ketones is 1. The third-order valence-electron chi connectivity index (χ3n) is 7.55. The number of benzene rings is 5. The van der Waals surface area contributed by atoms with Gasteiger partial charge in [-0.3, -0.25) is 10.1 Å². The quantitative estimate of drug-likeness (QED) is 0.0355. The maximum absolute atomic E-state index is 13.1. The number of aryl methyl sites for hydroxylation is 1. The molecule has 0 radical (unpaired) electrons. The largest absolute Gasteiger partial charge is 0.449 e. The Kier molecular flexibility index (Phi) is 13.3. The molecule has 5 aromatic rings. The molecule has 0 unspecified atom stereocenters. The first-order valence-electron chi connectivity index (χ1n) is 16.9. The Bertz CT molecular complexity index is 2200. The van der Waals surface area contributed by atoms with Gasteiger partial charge in [-0.15, -0.1) is 5.26 Å². The molecule has 0 spiro atoms. The molecule has 5 rings (SSSR count). The average molecular weight is 741 g/mol. The minimum absolute atomic E-state index is 0.0398. The van der Waals surface area contributed by atoms with Gasteiger partial charge in [-0.25, -0.2) is 19.2 Å². The molecule has 0 aromatic heterocycles. The lowest BCUT2D eigenvalue weighted by Gasteiger charge is -2.11. The van der Waals surface area contributed by atoms with Crippen molar-refractivity contribution < 1.29 is 33.4 Å². The minimum atomic E-state index is -0.700. The summed E-state index contributed by atoms with van der Waals surface area (Å²) in [5.74, 6) is 0.0409. The average Bonchev–Trinajstić information content (AvgIpc) is 3.15. The van der Waals surface area contributed by atoms with Crippen molar-refractivity contribution in [2.45, 2.75) is 13.3 Å². The first-order valence-corrected chi connectivity index (χ1v) is 16.9. The van der Waals surface area contributed by atoms with Crippen LogP contribution in [0.2, 0.25) is 0 Å². The van der Waals surface area contributed by atoms with Gasteiger partial charge in [0, 0.05) is 57.9 Å². The molecular formula is C40H36N8O7. The van der Waals surface area contributed by atoms with E-state index in [4.69, 9.17) is 14.7 Å². The lowest BCUT2D eigenvalue weighted by molar-refractivity contribution is 0.103. The number of nitrogens with zero attached hydrogens (tertiary/aromatic N) is 1. The van der Waals surface area contributed by atoms with Gasteiger partial charge in [0.2, 0.25) is 0 Å². The van der Waals surface area contributed by atoms with Gasteiger partial charge in [-0.1, -0.05) is 24.3 Å². The third-order valence-corrected chi connectivity index (χ3v) is 7.55. The van der Waals surface area contributed by atoms with Gasteiger partial charge in [0.1, 0.15) is 5.75 Å². The fourth-order valence-electron chi connectivity index (χ4n) is 5.02. The van der Waals surface area contributed by atoms with Crippen molar-refractivity contribution in [2.75, 3.05) is 45.1 Å². The molecule has 5 aromatic carbocycles. The van der Waals surface area contributed by atoms with E-state index in [1.807, 2.05) is 25.1 Å². The zero-order valence-electron chi connectivity index (χ0n) is 29.5. The number of rotatable bonds is 13. The molecule has 0 saturated heterocycles. The van der Waals surface area contributed by atoms with E-state index in [0.29, 0.717) is 51.7 Å². The topological polar surface area (TPSA) is 212 Å². The summed E-state index contributed by atoms with van der Waals surface area (Å²) in [7, 11) is 0. The molecule has 7 N–H and O–H groups in total. The Morgan fingerprint density at radius 1 is 0.564 bits per heavy atom. The number of urea groups is 3. The smallest absolute Gasteiger partial charge is 0.411 e. The predicted octanol–water partition coefficient (Wildman–Crippen LogP) is 8.13.